The standard InChI is InChI=1S/C12H24N2S/c1-8(2)11(9(3)4)6-13-12-14-10(5)7-15-12/h8-11H,6-7H2,1-5H3,(H,13,14). The van der Waals surface area contributed by atoms with Crippen molar-refractivity contribution in [2.24, 2.45) is 22.7 Å². The van der Waals surface area contributed by atoms with Crippen molar-refractivity contribution in [2.75, 3.05) is 12.3 Å². The Bertz CT molecular complexity index is 216. The monoisotopic (exact) mass is 228 g/mol. The summed E-state index contributed by atoms with van der Waals surface area (Å²) in [7, 11) is 0. The van der Waals surface area contributed by atoms with E-state index in [9.17, 15) is 0 Å². The minimum absolute atomic E-state index is 0.588. The van der Waals surface area contributed by atoms with E-state index in [1.165, 1.54) is 0 Å². The van der Waals surface area contributed by atoms with Crippen molar-refractivity contribution in [1.29, 1.82) is 0 Å². The Labute approximate surface area is 98.3 Å². The first-order valence-corrected chi connectivity index (χ1v) is 6.93. The summed E-state index contributed by atoms with van der Waals surface area (Å²) in [6.45, 7) is 12.4. The van der Waals surface area contributed by atoms with Crippen LogP contribution in [0.5, 0.6) is 0 Å². The zero-order valence-corrected chi connectivity index (χ0v) is 11.4. The third-order valence-corrected chi connectivity index (χ3v) is 4.19. The van der Waals surface area contributed by atoms with Gasteiger partial charge >= 0.3 is 0 Å². The van der Waals surface area contributed by atoms with Crippen LogP contribution in [-0.2, 0) is 0 Å². The van der Waals surface area contributed by atoms with Gasteiger partial charge in [-0.15, -0.1) is 0 Å². The zero-order valence-electron chi connectivity index (χ0n) is 10.6. The van der Waals surface area contributed by atoms with Gasteiger partial charge in [0.1, 0.15) is 0 Å². The molecule has 1 aliphatic heterocycles. The van der Waals surface area contributed by atoms with Gasteiger partial charge in [-0.3, -0.25) is 4.99 Å². The molecule has 0 saturated carbocycles. The van der Waals surface area contributed by atoms with Crippen LogP contribution in [0.25, 0.3) is 0 Å². The minimum Gasteiger partial charge on any atom is -0.362 e. The number of aliphatic imine (C=N–C) groups is 1. The molecule has 1 N–H and O–H groups in total. The van der Waals surface area contributed by atoms with Crippen LogP contribution in [0.3, 0.4) is 0 Å². The predicted octanol–water partition coefficient (Wildman–Crippen LogP) is 3.00. The van der Waals surface area contributed by atoms with Crippen molar-refractivity contribution in [2.45, 2.75) is 40.7 Å². The molecule has 88 valence electrons. The van der Waals surface area contributed by atoms with Crippen molar-refractivity contribution >= 4 is 16.9 Å². The lowest BCUT2D eigenvalue weighted by Gasteiger charge is -2.22. The van der Waals surface area contributed by atoms with E-state index >= 15 is 0 Å². The van der Waals surface area contributed by atoms with E-state index in [1.807, 2.05) is 11.8 Å². The molecule has 3 heteroatoms. The molecule has 0 aromatic heterocycles. The summed E-state index contributed by atoms with van der Waals surface area (Å²) in [4.78, 5) is 4.68. The van der Waals surface area contributed by atoms with Crippen LogP contribution in [0.15, 0.2) is 4.99 Å². The van der Waals surface area contributed by atoms with Crippen LogP contribution < -0.4 is 5.32 Å². The molecule has 15 heavy (non-hydrogen) atoms. The largest absolute Gasteiger partial charge is 0.362 e. The fourth-order valence-corrected chi connectivity index (χ4v) is 2.91. The number of nitrogens with zero attached hydrogens (tertiary/aromatic N) is 1. The van der Waals surface area contributed by atoms with Gasteiger partial charge in [0.15, 0.2) is 5.17 Å². The lowest BCUT2D eigenvalue weighted by molar-refractivity contribution is 0.298. The second kappa shape index (κ2) is 5.78. The Hall–Kier alpha value is -0.180. The molecule has 0 aromatic rings. The Morgan fingerprint density at radius 2 is 1.93 bits per heavy atom. The third kappa shape index (κ3) is 4.06. The first-order valence-electron chi connectivity index (χ1n) is 5.94. The van der Waals surface area contributed by atoms with Crippen LogP contribution in [0.1, 0.15) is 34.6 Å². The van der Waals surface area contributed by atoms with E-state index in [-0.39, 0.29) is 0 Å². The number of rotatable bonds is 4. The Morgan fingerprint density at radius 3 is 2.33 bits per heavy atom. The molecule has 1 saturated heterocycles. The highest BCUT2D eigenvalue weighted by Gasteiger charge is 2.19. The molecular weight excluding hydrogens is 204 g/mol. The highest BCUT2D eigenvalue weighted by Crippen LogP contribution is 2.22. The van der Waals surface area contributed by atoms with Gasteiger partial charge in [-0.05, 0) is 24.7 Å². The lowest BCUT2D eigenvalue weighted by atomic mass is 9.86. The molecule has 1 rings (SSSR count). The van der Waals surface area contributed by atoms with E-state index in [0.29, 0.717) is 12.0 Å². The van der Waals surface area contributed by atoms with Crippen molar-refractivity contribution < 1.29 is 0 Å². The van der Waals surface area contributed by atoms with Gasteiger partial charge in [0.25, 0.3) is 0 Å². The molecule has 1 unspecified atom stereocenters. The van der Waals surface area contributed by atoms with Gasteiger partial charge in [0.2, 0.25) is 0 Å². The molecule has 0 radical (unpaired) electrons. The maximum Gasteiger partial charge on any atom is 0.156 e. The van der Waals surface area contributed by atoms with E-state index in [0.717, 1.165) is 29.3 Å². The summed E-state index contributed by atoms with van der Waals surface area (Å²) in [6.07, 6.45) is 0. The van der Waals surface area contributed by atoms with Gasteiger partial charge in [-0.2, -0.15) is 0 Å². The van der Waals surface area contributed by atoms with Crippen molar-refractivity contribution in [3.63, 3.8) is 0 Å². The molecule has 0 aliphatic carbocycles. The maximum absolute atomic E-state index is 4.68. The zero-order chi connectivity index (χ0) is 11.4. The van der Waals surface area contributed by atoms with E-state index in [2.05, 4.69) is 44.9 Å². The van der Waals surface area contributed by atoms with Crippen LogP contribution in [0, 0.1) is 17.8 Å². The molecule has 1 aliphatic rings. The average Bonchev–Trinajstić information content (AvgIpc) is 2.50. The molecule has 1 atom stereocenters. The molecular formula is C12H24N2S. The maximum atomic E-state index is 4.68. The number of nitrogens with one attached hydrogen (secondary N) is 1. The van der Waals surface area contributed by atoms with Gasteiger partial charge in [-0.1, -0.05) is 39.5 Å². The first kappa shape index (κ1) is 12.9. The fraction of sp³-hybridized carbons (Fsp3) is 0.917. The average molecular weight is 228 g/mol. The Balaban J connectivity index is 2.46. The molecule has 0 aromatic carbocycles. The van der Waals surface area contributed by atoms with Gasteiger partial charge in [-0.25, -0.2) is 0 Å². The lowest BCUT2D eigenvalue weighted by Crippen LogP contribution is -2.25. The SMILES string of the molecule is CC1CSC(=NCC(C(C)C)C(C)C)N1. The van der Waals surface area contributed by atoms with Crippen molar-refractivity contribution in [3.8, 4) is 0 Å². The molecule has 1 heterocycles. The Kier molecular flexibility index (Phi) is 4.97. The normalized spacial score (nSPS) is 24.5. The van der Waals surface area contributed by atoms with Gasteiger partial charge in [0, 0.05) is 18.3 Å². The summed E-state index contributed by atoms with van der Waals surface area (Å²) in [5.74, 6) is 3.31. The van der Waals surface area contributed by atoms with Gasteiger partial charge < -0.3 is 5.32 Å². The van der Waals surface area contributed by atoms with Crippen LogP contribution in [0.4, 0.5) is 0 Å². The summed E-state index contributed by atoms with van der Waals surface area (Å²) in [6, 6.07) is 0.588. The minimum atomic E-state index is 0.588. The summed E-state index contributed by atoms with van der Waals surface area (Å²) in [5.41, 5.74) is 0. The van der Waals surface area contributed by atoms with Crippen LogP contribution in [0.2, 0.25) is 0 Å². The van der Waals surface area contributed by atoms with Gasteiger partial charge in [0.05, 0.1) is 0 Å². The number of thioether (sulfide) groups is 1. The number of hydrogen-bond donors (Lipinski definition) is 1. The smallest absolute Gasteiger partial charge is 0.156 e. The molecule has 0 amide bonds. The third-order valence-electron chi connectivity index (χ3n) is 3.00. The van der Waals surface area contributed by atoms with E-state index < -0.39 is 0 Å². The topological polar surface area (TPSA) is 24.4 Å². The second-order valence-corrected chi connectivity index (χ2v) is 6.16. The van der Waals surface area contributed by atoms with E-state index in [4.69, 9.17) is 0 Å². The van der Waals surface area contributed by atoms with Crippen LogP contribution in [-0.4, -0.2) is 23.5 Å². The molecule has 0 spiro atoms. The summed E-state index contributed by atoms with van der Waals surface area (Å²) < 4.78 is 0. The second-order valence-electron chi connectivity index (χ2n) is 5.15. The van der Waals surface area contributed by atoms with Crippen molar-refractivity contribution in [1.82, 2.24) is 5.32 Å². The highest BCUT2D eigenvalue weighted by atomic mass is 32.2. The highest BCUT2D eigenvalue weighted by molar-refractivity contribution is 8.14. The van der Waals surface area contributed by atoms with E-state index in [1.54, 1.807) is 0 Å². The summed E-state index contributed by atoms with van der Waals surface area (Å²) >= 11 is 1.85. The number of amidine groups is 1. The first-order chi connectivity index (χ1) is 7.00. The Morgan fingerprint density at radius 1 is 1.33 bits per heavy atom. The number of hydrogen-bond acceptors (Lipinski definition) is 2. The molecule has 1 fully saturated rings. The fourth-order valence-electron chi connectivity index (χ4n) is 1.97. The predicted molar refractivity (Wildman–Crippen MR) is 70.5 cm³/mol. The molecule has 2 nitrogen and oxygen atoms in total. The quantitative estimate of drug-likeness (QED) is 0.800. The molecule has 0 bridgehead atoms. The van der Waals surface area contributed by atoms with Crippen LogP contribution >= 0.6 is 11.8 Å². The van der Waals surface area contributed by atoms with Crippen molar-refractivity contribution in [3.05, 3.63) is 0 Å². The summed E-state index contributed by atoms with van der Waals surface area (Å²) in [5, 5.41) is 4.55.